The molecule has 94 valence electrons. The molecule has 0 spiro atoms. The van der Waals surface area contributed by atoms with Gasteiger partial charge in [-0.25, -0.2) is 0 Å². The van der Waals surface area contributed by atoms with E-state index in [1.165, 1.54) is 0 Å². The molecule has 0 bridgehead atoms. The van der Waals surface area contributed by atoms with Crippen LogP contribution in [-0.4, -0.2) is 14.4 Å². The van der Waals surface area contributed by atoms with Crippen LogP contribution in [0.25, 0.3) is 0 Å². The molecule has 4 heteroatoms. The largest absolute Gasteiger partial charge is 0.461 e. The highest BCUT2D eigenvalue weighted by Gasteiger charge is 2.28. The second kappa shape index (κ2) is 5.96. The molecular formula is C13H19FO2Si. The molecule has 0 amide bonds. The third-order valence-electron chi connectivity index (χ3n) is 2.42. The van der Waals surface area contributed by atoms with Crippen LogP contribution in [0.5, 0.6) is 0 Å². The number of hydrogen-bond acceptors (Lipinski definition) is 2. The highest BCUT2D eigenvalue weighted by atomic mass is 28.4. The van der Waals surface area contributed by atoms with Crippen LogP contribution >= 0.6 is 0 Å². The number of benzene rings is 1. The predicted molar refractivity (Wildman–Crippen MR) is 68.8 cm³/mol. The second-order valence-electron chi connectivity index (χ2n) is 4.92. The monoisotopic (exact) mass is 254 g/mol. The Morgan fingerprint density at radius 1 is 1.35 bits per heavy atom. The lowest BCUT2D eigenvalue weighted by molar-refractivity contribution is -0.148. The number of carbonyl (C=O) groups is 1. The van der Waals surface area contributed by atoms with Gasteiger partial charge in [0.15, 0.2) is 0 Å². The average Bonchev–Trinajstić information content (AvgIpc) is 2.25. The lowest BCUT2D eigenvalue weighted by Gasteiger charge is -2.16. The quantitative estimate of drug-likeness (QED) is 0.456. The first-order valence-electron chi connectivity index (χ1n) is 5.78. The molecular weight excluding hydrogens is 235 g/mol. The van der Waals surface area contributed by atoms with Crippen LogP contribution in [0, 0.1) is 5.92 Å². The van der Waals surface area contributed by atoms with Crippen molar-refractivity contribution in [1.29, 1.82) is 0 Å². The van der Waals surface area contributed by atoms with E-state index < -0.39 is 8.41 Å². The molecule has 1 aromatic rings. The molecule has 1 unspecified atom stereocenters. The normalized spacial score (nSPS) is 13.2. The van der Waals surface area contributed by atoms with Crippen molar-refractivity contribution in [3.63, 3.8) is 0 Å². The van der Waals surface area contributed by atoms with Crippen molar-refractivity contribution in [3.05, 3.63) is 35.9 Å². The van der Waals surface area contributed by atoms with Crippen molar-refractivity contribution >= 4 is 14.4 Å². The van der Waals surface area contributed by atoms with E-state index in [9.17, 15) is 8.90 Å². The van der Waals surface area contributed by atoms with Gasteiger partial charge in [0.2, 0.25) is 8.41 Å². The highest BCUT2D eigenvalue weighted by molar-refractivity contribution is 6.70. The first-order valence-corrected chi connectivity index (χ1v) is 8.86. The van der Waals surface area contributed by atoms with Gasteiger partial charge in [-0.15, -0.1) is 0 Å². The summed E-state index contributed by atoms with van der Waals surface area (Å²) in [6.07, 6.45) is 0. The van der Waals surface area contributed by atoms with Crippen molar-refractivity contribution in [1.82, 2.24) is 0 Å². The molecule has 0 aromatic heterocycles. The van der Waals surface area contributed by atoms with Gasteiger partial charge in [-0.1, -0.05) is 37.3 Å². The molecule has 0 radical (unpaired) electrons. The standard InChI is InChI=1S/C13H19FO2Si/c1-11(10-17(2,3)14)13(15)16-9-12-7-5-4-6-8-12/h4-8,11H,9-10H2,1-3H3. The van der Waals surface area contributed by atoms with Crippen molar-refractivity contribution in [2.24, 2.45) is 5.92 Å². The molecule has 0 aliphatic heterocycles. The van der Waals surface area contributed by atoms with Gasteiger partial charge in [-0.2, -0.15) is 0 Å². The summed E-state index contributed by atoms with van der Waals surface area (Å²) >= 11 is 0. The summed E-state index contributed by atoms with van der Waals surface area (Å²) in [6.45, 7) is 5.20. The van der Waals surface area contributed by atoms with E-state index in [2.05, 4.69) is 0 Å². The summed E-state index contributed by atoms with van der Waals surface area (Å²) in [5.74, 6) is -0.669. The number of ether oxygens (including phenoxy) is 1. The van der Waals surface area contributed by atoms with Gasteiger partial charge in [0.1, 0.15) is 6.61 Å². The minimum Gasteiger partial charge on any atom is -0.461 e. The molecule has 1 atom stereocenters. The van der Waals surface area contributed by atoms with Gasteiger partial charge in [-0.3, -0.25) is 4.79 Å². The van der Waals surface area contributed by atoms with Crippen LogP contribution in [-0.2, 0) is 16.1 Å². The van der Waals surface area contributed by atoms with Crippen molar-refractivity contribution in [2.75, 3.05) is 0 Å². The Morgan fingerprint density at radius 3 is 2.47 bits per heavy atom. The van der Waals surface area contributed by atoms with Gasteiger partial charge in [0.05, 0.1) is 5.92 Å². The molecule has 0 fully saturated rings. The third kappa shape index (κ3) is 5.63. The lowest BCUT2D eigenvalue weighted by Crippen LogP contribution is -2.26. The predicted octanol–water partition coefficient (Wildman–Crippen LogP) is 3.54. The van der Waals surface area contributed by atoms with E-state index >= 15 is 0 Å². The molecule has 1 aromatic carbocycles. The van der Waals surface area contributed by atoms with Crippen molar-refractivity contribution in [3.8, 4) is 0 Å². The first-order chi connectivity index (χ1) is 7.88. The molecule has 1 rings (SSSR count). The average molecular weight is 254 g/mol. The lowest BCUT2D eigenvalue weighted by atomic mass is 10.2. The fourth-order valence-corrected chi connectivity index (χ4v) is 3.31. The molecule has 0 aliphatic carbocycles. The summed E-state index contributed by atoms with van der Waals surface area (Å²) in [5, 5.41) is 0. The van der Waals surface area contributed by atoms with E-state index in [4.69, 9.17) is 4.74 Å². The Morgan fingerprint density at radius 2 is 1.94 bits per heavy atom. The van der Waals surface area contributed by atoms with Crippen LogP contribution in [0.3, 0.4) is 0 Å². The zero-order chi connectivity index (χ0) is 12.9. The van der Waals surface area contributed by atoms with Gasteiger partial charge in [0, 0.05) is 0 Å². The third-order valence-corrected chi connectivity index (χ3v) is 4.00. The number of rotatable bonds is 5. The first kappa shape index (κ1) is 13.9. The minimum atomic E-state index is -2.69. The number of hydrogen-bond donors (Lipinski definition) is 0. The summed E-state index contributed by atoms with van der Waals surface area (Å²) in [4.78, 5) is 11.6. The maximum Gasteiger partial charge on any atom is 0.308 e. The molecule has 0 heterocycles. The van der Waals surface area contributed by atoms with Crippen LogP contribution < -0.4 is 0 Å². The smallest absolute Gasteiger partial charge is 0.308 e. The van der Waals surface area contributed by atoms with Crippen LogP contribution in [0.2, 0.25) is 19.1 Å². The molecule has 0 aliphatic rings. The summed E-state index contributed by atoms with van der Waals surface area (Å²) in [7, 11) is -2.69. The Labute approximate surface area is 103 Å². The van der Waals surface area contributed by atoms with Crippen LogP contribution in [0.1, 0.15) is 12.5 Å². The van der Waals surface area contributed by atoms with Crippen LogP contribution in [0.4, 0.5) is 4.11 Å². The Bertz CT molecular complexity index is 359. The number of halogens is 1. The molecule has 2 nitrogen and oxygen atoms in total. The van der Waals surface area contributed by atoms with Crippen molar-refractivity contribution < 1.29 is 13.6 Å². The van der Waals surface area contributed by atoms with Gasteiger partial charge in [0.25, 0.3) is 0 Å². The van der Waals surface area contributed by atoms with Gasteiger partial charge in [-0.05, 0) is 24.7 Å². The Balaban J connectivity index is 2.40. The Hall–Kier alpha value is -1.16. The van der Waals surface area contributed by atoms with Crippen molar-refractivity contribution in [2.45, 2.75) is 32.7 Å². The fraction of sp³-hybridized carbons (Fsp3) is 0.462. The SMILES string of the molecule is CC(C[Si](C)(C)F)C(=O)OCc1ccccc1. The van der Waals surface area contributed by atoms with E-state index in [0.29, 0.717) is 6.04 Å². The minimum absolute atomic E-state index is 0.262. The summed E-state index contributed by atoms with van der Waals surface area (Å²) in [6, 6.07) is 9.80. The Kier molecular flexibility index (Phi) is 4.87. The van der Waals surface area contributed by atoms with Crippen LogP contribution in [0.15, 0.2) is 30.3 Å². The zero-order valence-electron chi connectivity index (χ0n) is 10.6. The second-order valence-corrected chi connectivity index (χ2v) is 8.76. The number of esters is 1. The summed E-state index contributed by atoms with van der Waals surface area (Å²) in [5.41, 5.74) is 0.949. The fourth-order valence-electron chi connectivity index (χ4n) is 1.68. The number of carbonyl (C=O) groups excluding carboxylic acids is 1. The van der Waals surface area contributed by atoms with E-state index in [1.54, 1.807) is 20.0 Å². The molecule has 0 saturated carbocycles. The molecule has 17 heavy (non-hydrogen) atoms. The topological polar surface area (TPSA) is 26.3 Å². The van der Waals surface area contributed by atoms with Gasteiger partial charge >= 0.3 is 5.97 Å². The van der Waals surface area contributed by atoms with E-state index in [-0.39, 0.29) is 18.5 Å². The highest BCUT2D eigenvalue weighted by Crippen LogP contribution is 2.19. The maximum absolute atomic E-state index is 13.5. The molecule has 0 saturated heterocycles. The van der Waals surface area contributed by atoms with Gasteiger partial charge < -0.3 is 8.84 Å². The molecule has 0 N–H and O–H groups in total. The maximum atomic E-state index is 13.5. The van der Waals surface area contributed by atoms with E-state index in [1.807, 2.05) is 30.3 Å². The van der Waals surface area contributed by atoms with E-state index in [0.717, 1.165) is 5.56 Å². The summed E-state index contributed by atoms with van der Waals surface area (Å²) < 4.78 is 18.6. The zero-order valence-corrected chi connectivity index (χ0v) is 11.6.